The third-order valence-corrected chi connectivity index (χ3v) is 2.68. The summed E-state index contributed by atoms with van der Waals surface area (Å²) in [6.07, 6.45) is 5.39. The molecule has 5 heteroatoms. The predicted molar refractivity (Wildman–Crippen MR) is 65.5 cm³/mol. The lowest BCUT2D eigenvalue weighted by molar-refractivity contribution is 0.281. The summed E-state index contributed by atoms with van der Waals surface area (Å²) in [7, 11) is 3.94. The molecule has 0 aliphatic rings. The molecule has 0 atom stereocenters. The fourth-order valence-electron chi connectivity index (χ4n) is 1.58. The Morgan fingerprint density at radius 3 is 2.71 bits per heavy atom. The third kappa shape index (κ3) is 2.62. The van der Waals surface area contributed by atoms with Crippen LogP contribution in [-0.4, -0.2) is 26.7 Å². The zero-order chi connectivity index (χ0) is 12.3. The fourth-order valence-corrected chi connectivity index (χ4v) is 1.58. The van der Waals surface area contributed by atoms with Crippen molar-refractivity contribution in [3.05, 3.63) is 42.1 Å². The van der Waals surface area contributed by atoms with E-state index in [4.69, 9.17) is 5.11 Å². The Hall–Kier alpha value is -1.88. The average Bonchev–Trinajstić information content (AvgIpc) is 2.75. The van der Waals surface area contributed by atoms with Crippen LogP contribution in [0.15, 0.2) is 30.7 Å². The second kappa shape index (κ2) is 4.97. The van der Waals surface area contributed by atoms with Crippen LogP contribution in [0.5, 0.6) is 0 Å². The quantitative estimate of drug-likeness (QED) is 0.852. The second-order valence-corrected chi connectivity index (χ2v) is 3.99. The van der Waals surface area contributed by atoms with Gasteiger partial charge in [-0.15, -0.1) is 0 Å². The maximum Gasteiger partial charge on any atom is 0.128 e. The fraction of sp³-hybridized carbons (Fsp3) is 0.333. The summed E-state index contributed by atoms with van der Waals surface area (Å²) in [5.74, 6) is 1.85. The van der Waals surface area contributed by atoms with Crippen molar-refractivity contribution in [2.75, 3.05) is 11.9 Å². The van der Waals surface area contributed by atoms with E-state index >= 15 is 0 Å². The molecule has 0 unspecified atom stereocenters. The number of aryl methyl sites for hydroxylation is 1. The van der Waals surface area contributed by atoms with Crippen molar-refractivity contribution in [2.45, 2.75) is 13.2 Å². The summed E-state index contributed by atoms with van der Waals surface area (Å²) < 4.78 is 1.98. The van der Waals surface area contributed by atoms with Crippen LogP contribution in [0.1, 0.15) is 11.4 Å². The van der Waals surface area contributed by atoms with Gasteiger partial charge in [0.25, 0.3) is 0 Å². The van der Waals surface area contributed by atoms with E-state index in [9.17, 15) is 0 Å². The van der Waals surface area contributed by atoms with Crippen molar-refractivity contribution in [3.8, 4) is 0 Å². The lowest BCUT2D eigenvalue weighted by Crippen LogP contribution is -2.20. The van der Waals surface area contributed by atoms with Gasteiger partial charge in [0, 0.05) is 32.7 Å². The highest BCUT2D eigenvalue weighted by atomic mass is 16.3. The Kier molecular flexibility index (Phi) is 3.39. The summed E-state index contributed by atoms with van der Waals surface area (Å²) in [5, 5.41) is 8.94. The van der Waals surface area contributed by atoms with Crippen LogP contribution in [0.3, 0.4) is 0 Å². The van der Waals surface area contributed by atoms with Crippen molar-refractivity contribution >= 4 is 5.82 Å². The van der Waals surface area contributed by atoms with Crippen LogP contribution in [0, 0.1) is 0 Å². The maximum atomic E-state index is 8.94. The van der Waals surface area contributed by atoms with E-state index in [0.717, 1.165) is 17.2 Å². The molecule has 5 nitrogen and oxygen atoms in total. The zero-order valence-electron chi connectivity index (χ0n) is 10.0. The molecule has 2 aromatic heterocycles. The summed E-state index contributed by atoms with van der Waals surface area (Å²) in [5.41, 5.74) is 0.819. The highest BCUT2D eigenvalue weighted by molar-refractivity contribution is 5.38. The molecule has 2 aromatic rings. The Bertz CT molecular complexity index is 478. The Balaban J connectivity index is 2.09. The zero-order valence-corrected chi connectivity index (χ0v) is 10.0. The molecule has 90 valence electrons. The largest absolute Gasteiger partial charge is 0.392 e. The van der Waals surface area contributed by atoms with Gasteiger partial charge in [0.15, 0.2) is 0 Å². The molecular formula is C12H16N4O. The molecule has 1 N–H and O–H groups in total. The van der Waals surface area contributed by atoms with Crippen LogP contribution in [0.4, 0.5) is 5.82 Å². The molecule has 0 bridgehead atoms. The van der Waals surface area contributed by atoms with Gasteiger partial charge < -0.3 is 14.6 Å². The lowest BCUT2D eigenvalue weighted by Gasteiger charge is -2.17. The topological polar surface area (TPSA) is 54.2 Å². The van der Waals surface area contributed by atoms with Gasteiger partial charge in [-0.2, -0.15) is 0 Å². The number of pyridine rings is 1. The highest BCUT2D eigenvalue weighted by Crippen LogP contribution is 2.12. The molecule has 0 amide bonds. The van der Waals surface area contributed by atoms with E-state index in [1.165, 1.54) is 0 Å². The van der Waals surface area contributed by atoms with Gasteiger partial charge in [-0.3, -0.25) is 0 Å². The minimum absolute atomic E-state index is 0.0242. The minimum Gasteiger partial charge on any atom is -0.392 e. The van der Waals surface area contributed by atoms with Gasteiger partial charge >= 0.3 is 0 Å². The number of aliphatic hydroxyl groups excluding tert-OH is 1. The predicted octanol–water partition coefficient (Wildman–Crippen LogP) is 0.944. The van der Waals surface area contributed by atoms with Crippen LogP contribution in [-0.2, 0) is 20.2 Å². The van der Waals surface area contributed by atoms with E-state index in [1.54, 1.807) is 12.4 Å². The highest BCUT2D eigenvalue weighted by Gasteiger charge is 2.06. The summed E-state index contributed by atoms with van der Waals surface area (Å²) in [6, 6.07) is 3.77. The average molecular weight is 232 g/mol. The molecule has 0 spiro atoms. The molecular weight excluding hydrogens is 216 g/mol. The van der Waals surface area contributed by atoms with Crippen molar-refractivity contribution in [2.24, 2.45) is 7.05 Å². The molecule has 0 saturated heterocycles. The Morgan fingerprint density at radius 2 is 2.18 bits per heavy atom. The SMILES string of the molecule is CN(Cc1nccn1C)c1ccc(CO)cn1. The molecule has 0 aromatic carbocycles. The number of hydrogen-bond acceptors (Lipinski definition) is 4. The first-order chi connectivity index (χ1) is 8.20. The van der Waals surface area contributed by atoms with Crippen molar-refractivity contribution in [3.63, 3.8) is 0 Å². The molecule has 0 aliphatic heterocycles. The van der Waals surface area contributed by atoms with Crippen molar-refractivity contribution in [1.29, 1.82) is 0 Å². The molecule has 0 fully saturated rings. The van der Waals surface area contributed by atoms with E-state index < -0.39 is 0 Å². The maximum absolute atomic E-state index is 8.94. The summed E-state index contributed by atoms with van der Waals surface area (Å²) >= 11 is 0. The molecule has 0 saturated carbocycles. The van der Waals surface area contributed by atoms with Gasteiger partial charge in [-0.25, -0.2) is 9.97 Å². The first-order valence-electron chi connectivity index (χ1n) is 5.44. The smallest absolute Gasteiger partial charge is 0.128 e. The summed E-state index contributed by atoms with van der Waals surface area (Å²) in [6.45, 7) is 0.728. The first kappa shape index (κ1) is 11.6. The minimum atomic E-state index is 0.0242. The lowest BCUT2D eigenvalue weighted by atomic mass is 10.3. The van der Waals surface area contributed by atoms with Crippen LogP contribution in [0.25, 0.3) is 0 Å². The van der Waals surface area contributed by atoms with E-state index in [-0.39, 0.29) is 6.61 Å². The number of anilines is 1. The number of hydrogen-bond donors (Lipinski definition) is 1. The van der Waals surface area contributed by atoms with Gasteiger partial charge in [0.1, 0.15) is 11.6 Å². The second-order valence-electron chi connectivity index (χ2n) is 3.99. The van der Waals surface area contributed by atoms with Crippen molar-refractivity contribution < 1.29 is 5.11 Å². The van der Waals surface area contributed by atoms with Crippen molar-refractivity contribution in [1.82, 2.24) is 14.5 Å². The molecule has 0 radical (unpaired) electrons. The molecule has 2 rings (SSSR count). The normalized spacial score (nSPS) is 10.5. The number of aliphatic hydroxyl groups is 1. The number of aromatic nitrogens is 3. The third-order valence-electron chi connectivity index (χ3n) is 2.68. The van der Waals surface area contributed by atoms with Crippen LogP contribution < -0.4 is 4.90 Å². The van der Waals surface area contributed by atoms with E-state index in [0.29, 0.717) is 6.54 Å². The van der Waals surface area contributed by atoms with Gasteiger partial charge in [-0.1, -0.05) is 6.07 Å². The van der Waals surface area contributed by atoms with Gasteiger partial charge in [0.05, 0.1) is 13.2 Å². The Labute approximate surface area is 100 Å². The first-order valence-corrected chi connectivity index (χ1v) is 5.44. The van der Waals surface area contributed by atoms with Crippen LogP contribution in [0.2, 0.25) is 0 Å². The summed E-state index contributed by atoms with van der Waals surface area (Å²) in [4.78, 5) is 10.6. The molecule has 17 heavy (non-hydrogen) atoms. The number of rotatable bonds is 4. The monoisotopic (exact) mass is 232 g/mol. The number of imidazole rings is 1. The molecule has 0 aliphatic carbocycles. The van der Waals surface area contributed by atoms with Gasteiger partial charge in [-0.05, 0) is 11.6 Å². The van der Waals surface area contributed by atoms with E-state index in [2.05, 4.69) is 9.97 Å². The standard InChI is InChI=1S/C12H16N4O/c1-15-6-5-13-12(15)8-16(2)11-4-3-10(9-17)7-14-11/h3-7,17H,8-9H2,1-2H3. The van der Waals surface area contributed by atoms with E-state index in [1.807, 2.05) is 41.9 Å². The Morgan fingerprint density at radius 1 is 1.35 bits per heavy atom. The van der Waals surface area contributed by atoms with Gasteiger partial charge in [0.2, 0.25) is 0 Å². The van der Waals surface area contributed by atoms with Crippen LogP contribution >= 0.6 is 0 Å². The number of nitrogens with zero attached hydrogens (tertiary/aromatic N) is 4. The molecule has 2 heterocycles.